The van der Waals surface area contributed by atoms with Gasteiger partial charge in [0.2, 0.25) is 0 Å². The Morgan fingerprint density at radius 1 is 1.50 bits per heavy atom. The first kappa shape index (κ1) is 14.2. The van der Waals surface area contributed by atoms with Crippen molar-refractivity contribution in [1.29, 1.82) is 0 Å². The Kier molecular flexibility index (Phi) is 6.03. The van der Waals surface area contributed by atoms with E-state index in [-0.39, 0.29) is 6.04 Å². The highest BCUT2D eigenvalue weighted by molar-refractivity contribution is 14.1. The molecular weight excluding hydrogens is 336 g/mol. The molecule has 16 heavy (non-hydrogen) atoms. The highest BCUT2D eigenvalue weighted by Gasteiger charge is 2.17. The molecule has 2 nitrogen and oxygen atoms in total. The summed E-state index contributed by atoms with van der Waals surface area (Å²) in [5.41, 5.74) is 7.35. The van der Waals surface area contributed by atoms with Crippen LogP contribution in [-0.2, 0) is 4.74 Å². The predicted octanol–water partition coefficient (Wildman–Crippen LogP) is 3.62. The molecule has 0 saturated heterocycles. The molecule has 0 fully saturated rings. The largest absolute Gasteiger partial charge is 0.385 e. The van der Waals surface area contributed by atoms with Crippen LogP contribution in [0.3, 0.4) is 0 Å². The van der Waals surface area contributed by atoms with Crippen LogP contribution in [0.25, 0.3) is 0 Å². The molecule has 0 aromatic heterocycles. The van der Waals surface area contributed by atoms with E-state index >= 15 is 0 Å². The summed E-state index contributed by atoms with van der Waals surface area (Å²) >= 11 is 8.28. The van der Waals surface area contributed by atoms with E-state index in [4.69, 9.17) is 22.1 Å². The fourth-order valence-corrected chi connectivity index (χ4v) is 2.44. The smallest absolute Gasteiger partial charge is 0.0465 e. The van der Waals surface area contributed by atoms with Crippen molar-refractivity contribution in [1.82, 2.24) is 0 Å². The lowest BCUT2D eigenvalue weighted by molar-refractivity contribution is 0.174. The van der Waals surface area contributed by atoms with Crippen molar-refractivity contribution in [3.8, 4) is 0 Å². The minimum atomic E-state index is 0.0146. The third kappa shape index (κ3) is 3.87. The van der Waals surface area contributed by atoms with Crippen molar-refractivity contribution < 1.29 is 4.74 Å². The van der Waals surface area contributed by atoms with Crippen molar-refractivity contribution in [2.24, 2.45) is 11.7 Å². The van der Waals surface area contributed by atoms with Crippen molar-refractivity contribution in [2.75, 3.05) is 13.7 Å². The predicted molar refractivity (Wildman–Crippen MR) is 76.8 cm³/mol. The summed E-state index contributed by atoms with van der Waals surface area (Å²) < 4.78 is 6.23. The maximum Gasteiger partial charge on any atom is 0.0465 e. The minimum absolute atomic E-state index is 0.0146. The highest BCUT2D eigenvalue weighted by atomic mass is 127. The summed E-state index contributed by atoms with van der Waals surface area (Å²) in [6.07, 6.45) is 0.959. The van der Waals surface area contributed by atoms with Gasteiger partial charge in [-0.25, -0.2) is 0 Å². The van der Waals surface area contributed by atoms with E-state index in [2.05, 4.69) is 29.5 Å². The van der Waals surface area contributed by atoms with E-state index in [1.165, 1.54) is 3.57 Å². The van der Waals surface area contributed by atoms with E-state index in [9.17, 15) is 0 Å². The normalized spacial score (nSPS) is 14.8. The van der Waals surface area contributed by atoms with Crippen LogP contribution in [0.4, 0.5) is 0 Å². The van der Waals surface area contributed by atoms with Gasteiger partial charge in [-0.3, -0.25) is 0 Å². The van der Waals surface area contributed by atoms with E-state index in [0.29, 0.717) is 5.92 Å². The zero-order chi connectivity index (χ0) is 12.1. The first-order valence-electron chi connectivity index (χ1n) is 5.25. The SMILES string of the molecule is COCCC(C)C(N)c1cc(Cl)ccc1I. The van der Waals surface area contributed by atoms with Crippen molar-refractivity contribution in [3.05, 3.63) is 32.4 Å². The molecule has 2 unspecified atom stereocenters. The maximum absolute atomic E-state index is 6.23. The highest BCUT2D eigenvalue weighted by Crippen LogP contribution is 2.28. The van der Waals surface area contributed by atoms with Crippen LogP contribution in [-0.4, -0.2) is 13.7 Å². The molecule has 0 amide bonds. The topological polar surface area (TPSA) is 35.2 Å². The van der Waals surface area contributed by atoms with Crippen LogP contribution >= 0.6 is 34.2 Å². The number of ether oxygens (including phenoxy) is 1. The summed E-state index contributed by atoms with van der Waals surface area (Å²) in [6, 6.07) is 5.86. The van der Waals surface area contributed by atoms with Crippen molar-refractivity contribution in [3.63, 3.8) is 0 Å². The molecule has 1 aromatic carbocycles. The van der Waals surface area contributed by atoms with Gasteiger partial charge in [-0.2, -0.15) is 0 Å². The fraction of sp³-hybridized carbons (Fsp3) is 0.500. The Hall–Kier alpha value is 0.160. The molecular formula is C12H17ClINO. The molecule has 4 heteroatoms. The van der Waals surface area contributed by atoms with Crippen LogP contribution in [0.5, 0.6) is 0 Å². The molecule has 0 heterocycles. The molecule has 1 rings (SSSR count). The van der Waals surface area contributed by atoms with Crippen molar-refractivity contribution >= 4 is 34.2 Å². The molecule has 2 atom stereocenters. The maximum atomic E-state index is 6.23. The van der Waals surface area contributed by atoms with Gasteiger partial charge in [0.15, 0.2) is 0 Å². The first-order chi connectivity index (χ1) is 7.56. The molecule has 0 radical (unpaired) electrons. The molecule has 2 N–H and O–H groups in total. The van der Waals surface area contributed by atoms with E-state index < -0.39 is 0 Å². The van der Waals surface area contributed by atoms with Crippen LogP contribution in [0.2, 0.25) is 5.02 Å². The second-order valence-electron chi connectivity index (χ2n) is 3.95. The number of benzene rings is 1. The van der Waals surface area contributed by atoms with Gasteiger partial charge >= 0.3 is 0 Å². The first-order valence-corrected chi connectivity index (χ1v) is 6.71. The van der Waals surface area contributed by atoms with E-state index in [0.717, 1.165) is 23.6 Å². The van der Waals surface area contributed by atoms with Crippen LogP contribution in [0, 0.1) is 9.49 Å². The Morgan fingerprint density at radius 3 is 2.81 bits per heavy atom. The Balaban J connectivity index is 2.78. The molecule has 0 spiro atoms. The third-order valence-electron chi connectivity index (χ3n) is 2.71. The van der Waals surface area contributed by atoms with Gasteiger partial charge in [0, 0.05) is 28.4 Å². The summed E-state index contributed by atoms with van der Waals surface area (Å²) in [7, 11) is 1.71. The van der Waals surface area contributed by atoms with E-state index in [1.807, 2.05) is 18.2 Å². The fourth-order valence-electron chi connectivity index (χ4n) is 1.56. The average Bonchev–Trinajstić information content (AvgIpc) is 2.28. The Morgan fingerprint density at radius 2 is 2.19 bits per heavy atom. The molecule has 0 aliphatic heterocycles. The molecule has 90 valence electrons. The van der Waals surface area contributed by atoms with E-state index in [1.54, 1.807) is 7.11 Å². The zero-order valence-corrected chi connectivity index (χ0v) is 12.5. The zero-order valence-electron chi connectivity index (χ0n) is 9.54. The number of hydrogen-bond donors (Lipinski definition) is 1. The number of hydrogen-bond acceptors (Lipinski definition) is 2. The minimum Gasteiger partial charge on any atom is -0.385 e. The second kappa shape index (κ2) is 6.79. The second-order valence-corrected chi connectivity index (χ2v) is 5.55. The standard InChI is InChI=1S/C12H17ClINO/c1-8(5-6-16-2)12(15)10-7-9(13)3-4-11(10)14/h3-4,7-8,12H,5-6,15H2,1-2H3. The summed E-state index contributed by atoms with van der Waals surface area (Å²) in [6.45, 7) is 2.88. The number of rotatable bonds is 5. The van der Waals surface area contributed by atoms with Crippen LogP contribution < -0.4 is 5.73 Å². The molecule has 0 bridgehead atoms. The summed E-state index contributed by atoms with van der Waals surface area (Å²) in [4.78, 5) is 0. The van der Waals surface area contributed by atoms with Gasteiger partial charge in [0.1, 0.15) is 0 Å². The van der Waals surface area contributed by atoms with Gasteiger partial charge < -0.3 is 10.5 Å². The number of nitrogens with two attached hydrogens (primary N) is 1. The summed E-state index contributed by atoms with van der Waals surface area (Å²) in [5, 5.41) is 0.741. The molecule has 0 aliphatic rings. The molecule has 0 saturated carbocycles. The Bertz CT molecular complexity index is 346. The summed E-state index contributed by atoms with van der Waals surface area (Å²) in [5.74, 6) is 0.381. The van der Waals surface area contributed by atoms with Gasteiger partial charge in [-0.15, -0.1) is 0 Å². The number of methoxy groups -OCH3 is 1. The van der Waals surface area contributed by atoms with Gasteiger partial charge in [-0.1, -0.05) is 18.5 Å². The van der Waals surface area contributed by atoms with Crippen LogP contribution in [0.1, 0.15) is 24.9 Å². The average molecular weight is 354 g/mol. The van der Waals surface area contributed by atoms with Crippen molar-refractivity contribution in [2.45, 2.75) is 19.4 Å². The third-order valence-corrected chi connectivity index (χ3v) is 3.93. The van der Waals surface area contributed by atoms with Gasteiger partial charge in [0.25, 0.3) is 0 Å². The number of halogens is 2. The quantitative estimate of drug-likeness (QED) is 0.821. The van der Waals surface area contributed by atoms with Gasteiger partial charge in [0.05, 0.1) is 0 Å². The Labute approximate surface area is 116 Å². The van der Waals surface area contributed by atoms with Gasteiger partial charge in [-0.05, 0) is 58.7 Å². The molecule has 0 aliphatic carbocycles. The monoisotopic (exact) mass is 353 g/mol. The lowest BCUT2D eigenvalue weighted by Gasteiger charge is -2.21. The van der Waals surface area contributed by atoms with Crippen LogP contribution in [0.15, 0.2) is 18.2 Å². The lowest BCUT2D eigenvalue weighted by atomic mass is 9.93. The molecule has 1 aromatic rings. The lowest BCUT2D eigenvalue weighted by Crippen LogP contribution is -2.21.